The van der Waals surface area contributed by atoms with E-state index in [0.717, 1.165) is 17.1 Å². The SMILES string of the molecule is CC(C)c1c(C(=O)N2CCN(Cc3cc(=O)n4ccccc4n3)CC2)cnn1-c1cccc(Cl)c1. The highest BCUT2D eigenvalue weighted by molar-refractivity contribution is 6.30. The molecule has 1 fully saturated rings. The molecule has 0 atom stereocenters. The molecule has 4 heterocycles. The molecule has 180 valence electrons. The van der Waals surface area contributed by atoms with E-state index in [1.165, 1.54) is 4.40 Å². The summed E-state index contributed by atoms with van der Waals surface area (Å²) in [6.07, 6.45) is 3.39. The Bertz CT molecular complexity index is 1440. The van der Waals surface area contributed by atoms with E-state index in [4.69, 9.17) is 11.6 Å². The summed E-state index contributed by atoms with van der Waals surface area (Å²) in [5.74, 6) is 0.0959. The first kappa shape index (κ1) is 23.3. The Morgan fingerprint density at radius 3 is 2.60 bits per heavy atom. The third-order valence-electron chi connectivity index (χ3n) is 6.31. The van der Waals surface area contributed by atoms with Crippen LogP contribution in [0.25, 0.3) is 11.3 Å². The molecule has 0 unspecified atom stereocenters. The first-order valence-electron chi connectivity index (χ1n) is 11.7. The average molecular weight is 491 g/mol. The van der Waals surface area contributed by atoms with Crippen molar-refractivity contribution in [1.29, 1.82) is 0 Å². The molecule has 0 N–H and O–H groups in total. The van der Waals surface area contributed by atoms with Gasteiger partial charge in [0, 0.05) is 50.0 Å². The lowest BCUT2D eigenvalue weighted by Crippen LogP contribution is -2.48. The Kier molecular flexibility index (Phi) is 6.40. The lowest BCUT2D eigenvalue weighted by Gasteiger charge is -2.34. The van der Waals surface area contributed by atoms with Crippen molar-refractivity contribution in [3.05, 3.63) is 93.3 Å². The summed E-state index contributed by atoms with van der Waals surface area (Å²) >= 11 is 6.18. The summed E-state index contributed by atoms with van der Waals surface area (Å²) in [7, 11) is 0. The monoisotopic (exact) mass is 490 g/mol. The van der Waals surface area contributed by atoms with E-state index in [1.54, 1.807) is 18.5 Å². The van der Waals surface area contributed by atoms with Gasteiger partial charge in [-0.15, -0.1) is 0 Å². The number of amides is 1. The largest absolute Gasteiger partial charge is 0.336 e. The number of halogens is 1. The number of hydrogen-bond donors (Lipinski definition) is 0. The van der Waals surface area contributed by atoms with Crippen molar-refractivity contribution in [2.24, 2.45) is 0 Å². The van der Waals surface area contributed by atoms with Crippen LogP contribution in [0.5, 0.6) is 0 Å². The Hall–Kier alpha value is -3.49. The molecular formula is C26H27ClN6O2. The molecule has 1 aliphatic rings. The molecule has 0 spiro atoms. The zero-order valence-corrected chi connectivity index (χ0v) is 20.5. The molecule has 0 bridgehead atoms. The van der Waals surface area contributed by atoms with Gasteiger partial charge in [-0.05, 0) is 36.2 Å². The minimum Gasteiger partial charge on any atom is -0.336 e. The van der Waals surface area contributed by atoms with Crippen LogP contribution in [0.4, 0.5) is 0 Å². The molecule has 1 saturated heterocycles. The summed E-state index contributed by atoms with van der Waals surface area (Å²) in [6, 6.07) is 14.6. The molecule has 8 nitrogen and oxygen atoms in total. The molecule has 0 saturated carbocycles. The number of nitrogens with zero attached hydrogens (tertiary/aromatic N) is 6. The van der Waals surface area contributed by atoms with Gasteiger partial charge in [0.2, 0.25) is 0 Å². The molecule has 0 aliphatic carbocycles. The van der Waals surface area contributed by atoms with Crippen LogP contribution in [-0.4, -0.2) is 61.1 Å². The summed E-state index contributed by atoms with van der Waals surface area (Å²) in [5, 5.41) is 5.15. The highest BCUT2D eigenvalue weighted by Crippen LogP contribution is 2.26. The quantitative estimate of drug-likeness (QED) is 0.427. The fraction of sp³-hybridized carbons (Fsp3) is 0.308. The van der Waals surface area contributed by atoms with Gasteiger partial charge in [-0.25, -0.2) is 9.67 Å². The van der Waals surface area contributed by atoms with E-state index in [1.807, 2.05) is 52.0 Å². The standard InChI is InChI=1S/C26H27ClN6O2/c1-18(2)25-22(16-28-33(25)21-7-5-6-19(27)14-21)26(35)31-12-10-30(11-13-31)17-20-15-24(34)32-9-4-3-8-23(32)29-20/h3-9,14-16,18H,10-13,17H2,1-2H3. The molecule has 1 aliphatic heterocycles. The molecule has 3 aromatic heterocycles. The van der Waals surface area contributed by atoms with E-state index in [2.05, 4.69) is 28.8 Å². The predicted molar refractivity (Wildman–Crippen MR) is 135 cm³/mol. The van der Waals surface area contributed by atoms with E-state index in [-0.39, 0.29) is 17.4 Å². The summed E-state index contributed by atoms with van der Waals surface area (Å²) in [4.78, 5) is 34.6. The van der Waals surface area contributed by atoms with Crippen LogP contribution in [0.15, 0.2) is 65.7 Å². The Labute approximate surface area is 208 Å². The van der Waals surface area contributed by atoms with Crippen LogP contribution in [0.2, 0.25) is 5.02 Å². The van der Waals surface area contributed by atoms with E-state index >= 15 is 0 Å². The van der Waals surface area contributed by atoms with Gasteiger partial charge in [0.1, 0.15) is 5.65 Å². The van der Waals surface area contributed by atoms with Crippen molar-refractivity contribution >= 4 is 23.2 Å². The van der Waals surface area contributed by atoms with Gasteiger partial charge in [0.25, 0.3) is 11.5 Å². The van der Waals surface area contributed by atoms with Gasteiger partial charge >= 0.3 is 0 Å². The van der Waals surface area contributed by atoms with Crippen LogP contribution in [-0.2, 0) is 6.54 Å². The van der Waals surface area contributed by atoms with Crippen molar-refractivity contribution in [1.82, 2.24) is 29.0 Å². The summed E-state index contributed by atoms with van der Waals surface area (Å²) < 4.78 is 3.35. The van der Waals surface area contributed by atoms with Crippen LogP contribution in [0.3, 0.4) is 0 Å². The second-order valence-electron chi connectivity index (χ2n) is 9.07. The Morgan fingerprint density at radius 1 is 1.06 bits per heavy atom. The molecule has 5 rings (SSSR count). The highest BCUT2D eigenvalue weighted by Gasteiger charge is 2.27. The smallest absolute Gasteiger partial charge is 0.258 e. The van der Waals surface area contributed by atoms with Crippen LogP contribution >= 0.6 is 11.6 Å². The van der Waals surface area contributed by atoms with E-state index < -0.39 is 0 Å². The topological polar surface area (TPSA) is 75.7 Å². The summed E-state index contributed by atoms with van der Waals surface area (Å²) in [5.41, 5.74) is 3.63. The number of pyridine rings is 1. The summed E-state index contributed by atoms with van der Waals surface area (Å²) in [6.45, 7) is 7.32. The minimum absolute atomic E-state index is 0.0105. The zero-order valence-electron chi connectivity index (χ0n) is 19.8. The highest BCUT2D eigenvalue weighted by atomic mass is 35.5. The molecule has 4 aromatic rings. The molecular weight excluding hydrogens is 464 g/mol. The number of rotatable bonds is 5. The minimum atomic E-state index is -0.0858. The fourth-order valence-electron chi connectivity index (χ4n) is 4.58. The van der Waals surface area contributed by atoms with Gasteiger partial charge in [0.05, 0.1) is 28.8 Å². The average Bonchev–Trinajstić information content (AvgIpc) is 3.30. The molecule has 1 aromatic carbocycles. The van der Waals surface area contributed by atoms with E-state index in [9.17, 15) is 9.59 Å². The normalized spacial score (nSPS) is 14.7. The number of carbonyl (C=O) groups excluding carboxylic acids is 1. The maximum atomic E-state index is 13.5. The molecule has 35 heavy (non-hydrogen) atoms. The molecule has 1 amide bonds. The maximum Gasteiger partial charge on any atom is 0.258 e. The number of aromatic nitrogens is 4. The first-order valence-corrected chi connectivity index (χ1v) is 12.1. The third-order valence-corrected chi connectivity index (χ3v) is 6.54. The zero-order chi connectivity index (χ0) is 24.5. The van der Waals surface area contributed by atoms with Crippen molar-refractivity contribution in [2.75, 3.05) is 26.2 Å². The third kappa shape index (κ3) is 4.72. The van der Waals surface area contributed by atoms with Crippen molar-refractivity contribution in [3.8, 4) is 5.69 Å². The Balaban J connectivity index is 1.29. The van der Waals surface area contributed by atoms with Gasteiger partial charge in [-0.3, -0.25) is 18.9 Å². The first-order chi connectivity index (χ1) is 16.9. The van der Waals surface area contributed by atoms with Crippen LogP contribution in [0.1, 0.15) is 41.5 Å². The number of piperazine rings is 1. The second kappa shape index (κ2) is 9.64. The van der Waals surface area contributed by atoms with Crippen LogP contribution < -0.4 is 5.56 Å². The predicted octanol–water partition coefficient (Wildman–Crippen LogP) is 3.62. The van der Waals surface area contributed by atoms with Crippen molar-refractivity contribution < 1.29 is 4.79 Å². The Morgan fingerprint density at radius 2 is 1.86 bits per heavy atom. The van der Waals surface area contributed by atoms with E-state index in [0.29, 0.717) is 49.0 Å². The van der Waals surface area contributed by atoms with Gasteiger partial charge in [-0.2, -0.15) is 5.10 Å². The van der Waals surface area contributed by atoms with Gasteiger partial charge in [-0.1, -0.05) is 37.6 Å². The molecule has 0 radical (unpaired) electrons. The van der Waals surface area contributed by atoms with Gasteiger partial charge in [0.15, 0.2) is 0 Å². The number of benzene rings is 1. The van der Waals surface area contributed by atoms with Crippen LogP contribution in [0, 0.1) is 0 Å². The molecule has 9 heteroatoms. The number of hydrogen-bond acceptors (Lipinski definition) is 5. The number of carbonyl (C=O) groups is 1. The maximum absolute atomic E-state index is 13.5. The fourth-order valence-corrected chi connectivity index (χ4v) is 4.77. The van der Waals surface area contributed by atoms with Crippen molar-refractivity contribution in [2.45, 2.75) is 26.3 Å². The lowest BCUT2D eigenvalue weighted by atomic mass is 10.0. The van der Waals surface area contributed by atoms with Crippen molar-refractivity contribution in [3.63, 3.8) is 0 Å². The number of fused-ring (bicyclic) bond motifs is 1. The second-order valence-corrected chi connectivity index (χ2v) is 9.51. The lowest BCUT2D eigenvalue weighted by molar-refractivity contribution is 0.0625. The van der Waals surface area contributed by atoms with Gasteiger partial charge < -0.3 is 4.90 Å².